The summed E-state index contributed by atoms with van der Waals surface area (Å²) in [5.74, 6) is -0.536. The number of rotatable bonds is 14. The van der Waals surface area contributed by atoms with Crippen molar-refractivity contribution in [3.8, 4) is 5.75 Å². The second-order valence-electron chi connectivity index (χ2n) is 13.9. The number of ether oxygens (including phenoxy) is 1. The monoisotopic (exact) mass is 609 g/mol. The molecule has 0 aliphatic carbocycles. The predicted octanol–water partition coefficient (Wildman–Crippen LogP) is 7.29. The van der Waals surface area contributed by atoms with Crippen LogP contribution < -0.4 is 10.6 Å². The molecule has 8 nitrogen and oxygen atoms in total. The lowest BCUT2D eigenvalue weighted by molar-refractivity contribution is -0.143. The molecule has 244 valence electrons. The first kappa shape index (κ1) is 36.6. The van der Waals surface area contributed by atoms with Crippen molar-refractivity contribution in [2.24, 2.45) is 0 Å². The molecule has 0 aromatic heterocycles. The van der Waals surface area contributed by atoms with Crippen LogP contribution in [-0.2, 0) is 20.7 Å². The van der Waals surface area contributed by atoms with Gasteiger partial charge in [0.2, 0.25) is 11.8 Å². The number of hydrogen-bond donors (Lipinski definition) is 3. The summed E-state index contributed by atoms with van der Waals surface area (Å²) in [6, 6.07) is 10.5. The summed E-state index contributed by atoms with van der Waals surface area (Å²) in [5, 5.41) is 15.7. The smallest absolute Gasteiger partial charge is 0.408 e. The molecule has 0 fully saturated rings. The molecule has 3 amide bonds. The lowest BCUT2D eigenvalue weighted by Gasteiger charge is -2.36. The van der Waals surface area contributed by atoms with Crippen LogP contribution in [0.15, 0.2) is 42.5 Å². The highest BCUT2D eigenvalue weighted by molar-refractivity contribution is 5.92. The van der Waals surface area contributed by atoms with Crippen LogP contribution in [0, 0.1) is 13.8 Å². The average molecular weight is 610 g/mol. The Kier molecular flexibility index (Phi) is 13.7. The highest BCUT2D eigenvalue weighted by Gasteiger charge is 2.37. The van der Waals surface area contributed by atoms with Crippen LogP contribution in [0.5, 0.6) is 5.75 Å². The van der Waals surface area contributed by atoms with Crippen molar-refractivity contribution in [2.75, 3.05) is 6.54 Å². The van der Waals surface area contributed by atoms with Crippen molar-refractivity contribution >= 4 is 17.9 Å². The van der Waals surface area contributed by atoms with E-state index in [0.717, 1.165) is 60.8 Å². The average Bonchev–Trinajstić information content (AvgIpc) is 2.89. The molecular formula is C36H55N3O5. The lowest BCUT2D eigenvalue weighted by atomic mass is 9.94. The van der Waals surface area contributed by atoms with Gasteiger partial charge in [-0.25, -0.2) is 4.79 Å². The maximum Gasteiger partial charge on any atom is 0.408 e. The molecule has 0 heterocycles. The van der Waals surface area contributed by atoms with Crippen molar-refractivity contribution in [3.05, 3.63) is 64.7 Å². The molecule has 0 aliphatic heterocycles. The van der Waals surface area contributed by atoms with Gasteiger partial charge in [-0.3, -0.25) is 9.59 Å². The second kappa shape index (κ2) is 16.5. The number of aromatic hydroxyl groups is 1. The first-order valence-electron chi connectivity index (χ1n) is 16.0. The number of nitrogens with one attached hydrogen (secondary N) is 2. The van der Waals surface area contributed by atoms with Gasteiger partial charge in [-0.2, -0.15) is 0 Å². The van der Waals surface area contributed by atoms with Crippen molar-refractivity contribution in [1.29, 1.82) is 0 Å². The standard InChI is InChI=1S/C36H55N3O5/c1-10-11-12-13-14-15-22-39(31(32(41)38-35(4,5)6)29-21-16-25(2)23-26(29)3)33(42)30(37-34(43)44-36(7,8)9)24-27-17-19-28(40)20-18-27/h16-21,23,30-31,40H,10-15,22,24H2,1-9H3,(H,37,43)(H,38,41). The Morgan fingerprint density at radius 2 is 1.50 bits per heavy atom. The summed E-state index contributed by atoms with van der Waals surface area (Å²) in [6.45, 7) is 17.5. The molecule has 0 aliphatic rings. The summed E-state index contributed by atoms with van der Waals surface area (Å²) in [6.07, 6.45) is 5.56. The first-order chi connectivity index (χ1) is 20.5. The molecule has 2 unspecified atom stereocenters. The van der Waals surface area contributed by atoms with E-state index < -0.39 is 29.3 Å². The lowest BCUT2D eigenvalue weighted by Crippen LogP contribution is -2.55. The number of hydrogen-bond acceptors (Lipinski definition) is 5. The molecule has 0 saturated heterocycles. The van der Waals surface area contributed by atoms with Gasteiger partial charge in [-0.1, -0.05) is 74.9 Å². The number of alkyl carbamates (subject to hydrolysis) is 1. The third-order valence-corrected chi connectivity index (χ3v) is 7.18. The molecular weight excluding hydrogens is 554 g/mol. The number of carbonyl (C=O) groups is 3. The third-order valence-electron chi connectivity index (χ3n) is 7.18. The Hall–Kier alpha value is -3.55. The van der Waals surface area contributed by atoms with Crippen LogP contribution in [0.1, 0.15) is 115 Å². The molecule has 2 rings (SSSR count). The summed E-state index contributed by atoms with van der Waals surface area (Å²) >= 11 is 0. The minimum absolute atomic E-state index is 0.107. The fourth-order valence-corrected chi connectivity index (χ4v) is 5.17. The normalized spacial score (nSPS) is 13.1. The van der Waals surface area contributed by atoms with E-state index in [1.54, 1.807) is 49.9 Å². The van der Waals surface area contributed by atoms with Crippen LogP contribution in [0.25, 0.3) is 0 Å². The number of phenolic OH excluding ortho intramolecular Hbond substituents is 1. The maximum atomic E-state index is 14.7. The highest BCUT2D eigenvalue weighted by atomic mass is 16.6. The number of phenols is 1. The van der Waals surface area contributed by atoms with Gasteiger partial charge in [-0.05, 0) is 90.6 Å². The number of benzene rings is 2. The van der Waals surface area contributed by atoms with E-state index in [2.05, 4.69) is 17.6 Å². The maximum absolute atomic E-state index is 14.7. The molecule has 0 spiro atoms. The topological polar surface area (TPSA) is 108 Å². The third kappa shape index (κ3) is 12.6. The van der Waals surface area contributed by atoms with Gasteiger partial charge in [0.15, 0.2) is 0 Å². The Bertz CT molecular complexity index is 1230. The molecule has 3 N–H and O–H groups in total. The Morgan fingerprint density at radius 1 is 0.886 bits per heavy atom. The molecule has 2 aromatic carbocycles. The molecule has 2 aromatic rings. The quantitative estimate of drug-likeness (QED) is 0.195. The van der Waals surface area contributed by atoms with Gasteiger partial charge in [0.1, 0.15) is 23.4 Å². The van der Waals surface area contributed by atoms with Crippen LogP contribution in [0.4, 0.5) is 4.79 Å². The summed E-state index contributed by atoms with van der Waals surface area (Å²) in [5.41, 5.74) is 2.18. The second-order valence-corrected chi connectivity index (χ2v) is 13.9. The molecule has 44 heavy (non-hydrogen) atoms. The van der Waals surface area contributed by atoms with E-state index in [9.17, 15) is 19.5 Å². The Labute approximate surface area is 264 Å². The zero-order valence-corrected chi connectivity index (χ0v) is 28.4. The first-order valence-corrected chi connectivity index (χ1v) is 16.0. The van der Waals surface area contributed by atoms with E-state index in [4.69, 9.17) is 4.74 Å². The van der Waals surface area contributed by atoms with E-state index >= 15 is 0 Å². The van der Waals surface area contributed by atoms with Gasteiger partial charge >= 0.3 is 6.09 Å². The molecule has 2 atom stereocenters. The van der Waals surface area contributed by atoms with E-state index in [1.165, 1.54) is 0 Å². The number of aryl methyl sites for hydroxylation is 2. The zero-order valence-electron chi connectivity index (χ0n) is 28.4. The van der Waals surface area contributed by atoms with Crippen LogP contribution in [0.2, 0.25) is 0 Å². The minimum Gasteiger partial charge on any atom is -0.508 e. The van der Waals surface area contributed by atoms with Gasteiger partial charge in [0, 0.05) is 18.5 Å². The molecule has 0 saturated carbocycles. The number of amides is 3. The highest BCUT2D eigenvalue weighted by Crippen LogP contribution is 2.28. The Balaban J connectivity index is 2.60. The van der Waals surface area contributed by atoms with Crippen molar-refractivity contribution in [2.45, 2.75) is 130 Å². The minimum atomic E-state index is -1.01. The summed E-state index contributed by atoms with van der Waals surface area (Å²) in [7, 11) is 0. The fourth-order valence-electron chi connectivity index (χ4n) is 5.17. The predicted molar refractivity (Wildman–Crippen MR) is 177 cm³/mol. The van der Waals surface area contributed by atoms with Crippen LogP contribution in [0.3, 0.4) is 0 Å². The molecule has 0 bridgehead atoms. The number of unbranched alkanes of at least 4 members (excludes halogenated alkanes) is 5. The van der Waals surface area contributed by atoms with E-state index in [0.29, 0.717) is 6.54 Å². The van der Waals surface area contributed by atoms with Gasteiger partial charge < -0.3 is 25.4 Å². The van der Waals surface area contributed by atoms with Crippen molar-refractivity contribution in [3.63, 3.8) is 0 Å². The summed E-state index contributed by atoms with van der Waals surface area (Å²) in [4.78, 5) is 43.4. The van der Waals surface area contributed by atoms with E-state index in [-0.39, 0.29) is 24.0 Å². The van der Waals surface area contributed by atoms with Gasteiger partial charge in [-0.15, -0.1) is 0 Å². The SMILES string of the molecule is CCCCCCCCN(C(=O)C(Cc1ccc(O)cc1)NC(=O)OC(C)(C)C)C(C(=O)NC(C)(C)C)c1ccc(C)cc1C. The summed E-state index contributed by atoms with van der Waals surface area (Å²) < 4.78 is 5.54. The van der Waals surface area contributed by atoms with E-state index in [1.807, 2.05) is 52.8 Å². The van der Waals surface area contributed by atoms with Crippen molar-refractivity contribution in [1.82, 2.24) is 15.5 Å². The van der Waals surface area contributed by atoms with Crippen LogP contribution >= 0.6 is 0 Å². The fraction of sp³-hybridized carbons (Fsp3) is 0.583. The van der Waals surface area contributed by atoms with Gasteiger partial charge in [0.25, 0.3) is 0 Å². The van der Waals surface area contributed by atoms with Crippen LogP contribution in [-0.4, -0.2) is 51.6 Å². The largest absolute Gasteiger partial charge is 0.508 e. The number of carbonyl (C=O) groups excluding carboxylic acids is 3. The Morgan fingerprint density at radius 3 is 2.07 bits per heavy atom. The number of nitrogens with zero attached hydrogens (tertiary/aromatic N) is 1. The molecule has 8 heteroatoms. The zero-order chi connectivity index (χ0) is 33.1. The van der Waals surface area contributed by atoms with Gasteiger partial charge in [0.05, 0.1) is 0 Å². The molecule has 0 radical (unpaired) electrons. The van der Waals surface area contributed by atoms with Crippen molar-refractivity contribution < 1.29 is 24.2 Å².